The average molecular weight is 241 g/mol. The Kier molecular flexibility index (Phi) is 2.90. The lowest BCUT2D eigenvalue weighted by atomic mass is 10.0. The molecule has 3 rings (SSSR count). The molecule has 0 saturated carbocycles. The van der Waals surface area contributed by atoms with Crippen LogP contribution in [0.15, 0.2) is 30.7 Å². The van der Waals surface area contributed by atoms with E-state index in [2.05, 4.69) is 26.5 Å². The number of rotatable bonds is 2. The van der Waals surface area contributed by atoms with Crippen LogP contribution < -0.4 is 5.32 Å². The Morgan fingerprint density at radius 3 is 2.83 bits per heavy atom. The van der Waals surface area contributed by atoms with Crippen LogP contribution in [-0.2, 0) is 7.05 Å². The summed E-state index contributed by atoms with van der Waals surface area (Å²) >= 11 is 0. The minimum Gasteiger partial charge on any atom is -0.313 e. The van der Waals surface area contributed by atoms with E-state index in [1.54, 1.807) is 11.0 Å². The molecule has 0 saturated heterocycles. The number of nitrogens with one attached hydrogen (secondary N) is 1. The van der Waals surface area contributed by atoms with Gasteiger partial charge >= 0.3 is 0 Å². The van der Waals surface area contributed by atoms with E-state index in [-0.39, 0.29) is 0 Å². The fourth-order valence-corrected chi connectivity index (χ4v) is 2.04. The highest BCUT2D eigenvalue weighted by molar-refractivity contribution is 5.65. The number of hydrogen-bond donors (Lipinski definition) is 1. The van der Waals surface area contributed by atoms with Crippen molar-refractivity contribution in [2.75, 3.05) is 13.1 Å². The molecule has 0 spiro atoms. The van der Waals surface area contributed by atoms with Gasteiger partial charge in [0, 0.05) is 25.4 Å². The van der Waals surface area contributed by atoms with E-state index in [4.69, 9.17) is 0 Å². The van der Waals surface area contributed by atoms with Gasteiger partial charge in [-0.25, -0.2) is 4.98 Å². The normalized spacial score (nSPS) is 15.5. The summed E-state index contributed by atoms with van der Waals surface area (Å²) in [5, 5.41) is 7.56. The molecule has 0 amide bonds. The van der Waals surface area contributed by atoms with Crippen LogP contribution in [0.3, 0.4) is 0 Å². The van der Waals surface area contributed by atoms with E-state index in [0.29, 0.717) is 0 Å². The largest absolute Gasteiger partial charge is 0.313 e. The van der Waals surface area contributed by atoms with Gasteiger partial charge in [-0.1, -0.05) is 6.08 Å². The predicted octanol–water partition coefficient (Wildman–Crippen LogP) is 1.25. The van der Waals surface area contributed by atoms with Gasteiger partial charge in [0.25, 0.3) is 0 Å². The van der Waals surface area contributed by atoms with E-state index in [9.17, 15) is 0 Å². The molecule has 92 valence electrons. The monoisotopic (exact) mass is 241 g/mol. The van der Waals surface area contributed by atoms with Gasteiger partial charge in [-0.05, 0) is 30.7 Å². The standard InChI is InChI=1S/C13H15N5/c1-18-9-16-13(17-18)11-2-3-12(15-8-11)10-4-6-14-7-5-10/h2-4,8-9,14H,5-7H2,1H3. The van der Waals surface area contributed by atoms with Gasteiger partial charge in [0.05, 0.1) is 5.69 Å². The second-order valence-electron chi connectivity index (χ2n) is 4.36. The SMILES string of the molecule is Cn1cnc(-c2ccc(C3=CCNCC3)nc2)n1. The topological polar surface area (TPSA) is 55.6 Å². The molecule has 1 aliphatic heterocycles. The summed E-state index contributed by atoms with van der Waals surface area (Å²) in [5.41, 5.74) is 3.32. The van der Waals surface area contributed by atoms with Crippen LogP contribution in [0.5, 0.6) is 0 Å². The van der Waals surface area contributed by atoms with Crippen LogP contribution in [0.1, 0.15) is 12.1 Å². The first-order valence-corrected chi connectivity index (χ1v) is 6.05. The molecule has 18 heavy (non-hydrogen) atoms. The van der Waals surface area contributed by atoms with Gasteiger partial charge in [0.1, 0.15) is 6.33 Å². The van der Waals surface area contributed by atoms with Crippen LogP contribution >= 0.6 is 0 Å². The van der Waals surface area contributed by atoms with Crippen molar-refractivity contribution < 1.29 is 0 Å². The summed E-state index contributed by atoms with van der Waals surface area (Å²) in [6.45, 7) is 1.96. The Labute approximate surface area is 106 Å². The molecule has 0 bridgehead atoms. The molecule has 5 nitrogen and oxygen atoms in total. The first-order valence-electron chi connectivity index (χ1n) is 6.05. The average Bonchev–Trinajstić information content (AvgIpc) is 2.87. The zero-order valence-corrected chi connectivity index (χ0v) is 10.3. The summed E-state index contributed by atoms with van der Waals surface area (Å²) in [7, 11) is 1.86. The molecule has 2 aromatic rings. The highest BCUT2D eigenvalue weighted by Gasteiger charge is 2.08. The lowest BCUT2D eigenvalue weighted by Gasteiger charge is -2.13. The van der Waals surface area contributed by atoms with Crippen LogP contribution in [0, 0.1) is 0 Å². The second kappa shape index (κ2) is 4.70. The van der Waals surface area contributed by atoms with Crippen molar-refractivity contribution in [3.63, 3.8) is 0 Å². The number of hydrogen-bond acceptors (Lipinski definition) is 4. The van der Waals surface area contributed by atoms with Crippen LogP contribution in [-0.4, -0.2) is 32.8 Å². The summed E-state index contributed by atoms with van der Waals surface area (Å²) in [6.07, 6.45) is 6.77. The van der Waals surface area contributed by atoms with E-state index in [1.165, 1.54) is 5.57 Å². The first-order chi connectivity index (χ1) is 8.83. The molecule has 0 unspecified atom stereocenters. The lowest BCUT2D eigenvalue weighted by Crippen LogP contribution is -2.20. The highest BCUT2D eigenvalue weighted by Crippen LogP contribution is 2.20. The Morgan fingerprint density at radius 2 is 2.22 bits per heavy atom. The van der Waals surface area contributed by atoms with E-state index in [0.717, 1.165) is 36.6 Å². The molecule has 0 radical (unpaired) electrons. The van der Waals surface area contributed by atoms with Gasteiger partial charge in [0.2, 0.25) is 0 Å². The first kappa shape index (κ1) is 11.1. The molecular weight excluding hydrogens is 226 g/mol. The van der Waals surface area contributed by atoms with Crippen molar-refractivity contribution in [2.45, 2.75) is 6.42 Å². The maximum absolute atomic E-state index is 4.50. The van der Waals surface area contributed by atoms with Crippen molar-refractivity contribution >= 4 is 5.57 Å². The second-order valence-corrected chi connectivity index (χ2v) is 4.36. The summed E-state index contributed by atoms with van der Waals surface area (Å²) in [4.78, 5) is 8.72. The van der Waals surface area contributed by atoms with Crippen molar-refractivity contribution in [2.24, 2.45) is 7.05 Å². The zero-order valence-electron chi connectivity index (χ0n) is 10.3. The van der Waals surface area contributed by atoms with Crippen LogP contribution in [0.4, 0.5) is 0 Å². The fraction of sp³-hybridized carbons (Fsp3) is 0.308. The summed E-state index contributed by atoms with van der Waals surface area (Å²) in [5.74, 6) is 0.718. The quantitative estimate of drug-likeness (QED) is 0.860. The summed E-state index contributed by atoms with van der Waals surface area (Å²) < 4.78 is 1.69. The zero-order chi connectivity index (χ0) is 12.4. The van der Waals surface area contributed by atoms with Gasteiger partial charge in [-0.2, -0.15) is 5.10 Å². The van der Waals surface area contributed by atoms with Gasteiger partial charge < -0.3 is 5.32 Å². The van der Waals surface area contributed by atoms with Gasteiger partial charge in [0.15, 0.2) is 5.82 Å². The molecule has 1 N–H and O–H groups in total. The maximum atomic E-state index is 4.50. The third-order valence-electron chi connectivity index (χ3n) is 3.01. The van der Waals surface area contributed by atoms with Gasteiger partial charge in [-0.15, -0.1) is 0 Å². The predicted molar refractivity (Wildman–Crippen MR) is 69.7 cm³/mol. The molecule has 3 heterocycles. The summed E-state index contributed by atoms with van der Waals surface area (Å²) in [6, 6.07) is 4.07. The smallest absolute Gasteiger partial charge is 0.182 e. The molecular formula is C13H15N5. The third-order valence-corrected chi connectivity index (χ3v) is 3.01. The number of pyridine rings is 1. The van der Waals surface area contributed by atoms with Crippen LogP contribution in [0.2, 0.25) is 0 Å². The Hall–Kier alpha value is -2.01. The molecule has 0 fully saturated rings. The number of aryl methyl sites for hydroxylation is 1. The van der Waals surface area contributed by atoms with Gasteiger partial charge in [-0.3, -0.25) is 9.67 Å². The molecule has 2 aromatic heterocycles. The maximum Gasteiger partial charge on any atom is 0.182 e. The molecule has 5 heteroatoms. The third kappa shape index (κ3) is 2.17. The van der Waals surface area contributed by atoms with E-state index >= 15 is 0 Å². The molecule has 0 aliphatic carbocycles. The molecule has 0 atom stereocenters. The van der Waals surface area contributed by atoms with Crippen LogP contribution in [0.25, 0.3) is 17.0 Å². The molecule has 1 aliphatic rings. The minimum atomic E-state index is 0.718. The van der Waals surface area contributed by atoms with Crippen molar-refractivity contribution in [3.8, 4) is 11.4 Å². The Balaban J connectivity index is 1.87. The van der Waals surface area contributed by atoms with E-state index < -0.39 is 0 Å². The lowest BCUT2D eigenvalue weighted by molar-refractivity contribution is 0.737. The van der Waals surface area contributed by atoms with Crippen molar-refractivity contribution in [3.05, 3.63) is 36.4 Å². The molecule has 0 aromatic carbocycles. The minimum absolute atomic E-state index is 0.718. The van der Waals surface area contributed by atoms with Crippen molar-refractivity contribution in [1.29, 1.82) is 0 Å². The highest BCUT2D eigenvalue weighted by atomic mass is 15.3. The van der Waals surface area contributed by atoms with E-state index in [1.807, 2.05) is 25.4 Å². The number of aromatic nitrogens is 4. The Morgan fingerprint density at radius 1 is 1.28 bits per heavy atom. The Bertz CT molecular complexity index is 567. The number of nitrogens with zero attached hydrogens (tertiary/aromatic N) is 4. The fourth-order valence-electron chi connectivity index (χ4n) is 2.04. The van der Waals surface area contributed by atoms with Crippen molar-refractivity contribution in [1.82, 2.24) is 25.1 Å².